The van der Waals surface area contributed by atoms with E-state index in [1.807, 2.05) is 42.7 Å². The average molecular weight is 443 g/mol. The third-order valence-corrected chi connectivity index (χ3v) is 3.18. The molecule has 0 aliphatic heterocycles. The number of aliphatic imine (C=N–C) groups is 1. The van der Waals surface area contributed by atoms with Crippen molar-refractivity contribution in [2.24, 2.45) is 12.0 Å². The molecule has 6 nitrogen and oxygen atoms in total. The number of aromatic nitrogens is 1. The molecule has 0 bridgehead atoms. The second-order valence-electron chi connectivity index (χ2n) is 4.68. The van der Waals surface area contributed by atoms with E-state index in [1.165, 1.54) is 7.11 Å². The van der Waals surface area contributed by atoms with Gasteiger partial charge in [-0.1, -0.05) is 11.6 Å². The number of esters is 1. The number of hydrogen-bond acceptors (Lipinski definition) is 3. The van der Waals surface area contributed by atoms with Gasteiger partial charge in [-0.15, -0.1) is 24.0 Å². The number of aryl methyl sites for hydroxylation is 1. The average Bonchev–Trinajstić information content (AvgIpc) is 2.75. The number of nitrogens with one attached hydrogen (secondary N) is 1. The highest BCUT2D eigenvalue weighted by atomic mass is 127. The minimum absolute atomic E-state index is 0. The number of carbonyl (C=O) groups excluding carboxylic acids is 1. The lowest BCUT2D eigenvalue weighted by Gasteiger charge is -2.22. The highest BCUT2D eigenvalue weighted by Gasteiger charge is 2.10. The molecule has 0 aromatic carbocycles. The van der Waals surface area contributed by atoms with Gasteiger partial charge in [-0.05, 0) is 13.0 Å². The molecule has 22 heavy (non-hydrogen) atoms. The number of ether oxygens (including phenoxy) is 1. The molecule has 0 fully saturated rings. The number of halogens is 2. The predicted molar refractivity (Wildman–Crippen MR) is 99.9 cm³/mol. The van der Waals surface area contributed by atoms with Crippen molar-refractivity contribution < 1.29 is 9.53 Å². The molecule has 0 amide bonds. The first-order chi connectivity index (χ1) is 9.97. The quantitative estimate of drug-likeness (QED) is 0.318. The minimum Gasteiger partial charge on any atom is -0.469 e. The zero-order valence-electron chi connectivity index (χ0n) is 13.4. The molecule has 1 rings (SSSR count). The molecular weight excluding hydrogens is 419 g/mol. The summed E-state index contributed by atoms with van der Waals surface area (Å²) in [6.07, 6.45) is 2.14. The van der Waals surface area contributed by atoms with E-state index in [1.54, 1.807) is 0 Å². The first kappa shape index (κ1) is 21.0. The van der Waals surface area contributed by atoms with Crippen molar-refractivity contribution in [1.29, 1.82) is 0 Å². The van der Waals surface area contributed by atoms with Gasteiger partial charge in [0.05, 0.1) is 31.6 Å². The molecule has 1 aromatic rings. The van der Waals surface area contributed by atoms with E-state index in [0.29, 0.717) is 18.1 Å². The highest BCUT2D eigenvalue weighted by molar-refractivity contribution is 14.0. The van der Waals surface area contributed by atoms with Crippen LogP contribution in [-0.4, -0.2) is 48.6 Å². The van der Waals surface area contributed by atoms with Gasteiger partial charge in [-0.25, -0.2) is 0 Å². The van der Waals surface area contributed by atoms with Crippen molar-refractivity contribution >= 4 is 47.5 Å². The van der Waals surface area contributed by atoms with Crippen LogP contribution in [0.4, 0.5) is 0 Å². The second kappa shape index (κ2) is 10.7. The zero-order valence-corrected chi connectivity index (χ0v) is 16.5. The maximum absolute atomic E-state index is 11.1. The smallest absolute Gasteiger partial charge is 0.307 e. The third kappa shape index (κ3) is 6.87. The molecule has 0 aliphatic carbocycles. The summed E-state index contributed by atoms with van der Waals surface area (Å²) < 4.78 is 6.59. The van der Waals surface area contributed by atoms with Crippen LogP contribution in [0.5, 0.6) is 0 Å². The van der Waals surface area contributed by atoms with Crippen LogP contribution in [0.3, 0.4) is 0 Å². The van der Waals surface area contributed by atoms with Crippen molar-refractivity contribution in [3.8, 4) is 0 Å². The molecule has 0 saturated heterocycles. The number of methoxy groups -OCH3 is 1. The van der Waals surface area contributed by atoms with Gasteiger partial charge in [0.15, 0.2) is 5.96 Å². The van der Waals surface area contributed by atoms with E-state index in [-0.39, 0.29) is 36.4 Å². The predicted octanol–water partition coefficient (Wildman–Crippen LogP) is 2.26. The van der Waals surface area contributed by atoms with Gasteiger partial charge in [0, 0.05) is 32.5 Å². The summed E-state index contributed by atoms with van der Waals surface area (Å²) in [7, 11) is 5.28. The second-order valence-corrected chi connectivity index (χ2v) is 5.11. The molecule has 0 saturated carbocycles. The molecule has 1 aromatic heterocycles. The normalized spacial score (nSPS) is 10.9. The van der Waals surface area contributed by atoms with Crippen LogP contribution in [0.2, 0.25) is 5.02 Å². The van der Waals surface area contributed by atoms with Gasteiger partial charge in [0.1, 0.15) is 0 Å². The molecule has 0 atom stereocenters. The summed E-state index contributed by atoms with van der Waals surface area (Å²) in [5.74, 6) is 0.491. The Labute approximate surface area is 153 Å². The first-order valence-electron chi connectivity index (χ1n) is 6.85. The van der Waals surface area contributed by atoms with Crippen molar-refractivity contribution in [1.82, 2.24) is 14.8 Å². The molecule has 1 heterocycles. The van der Waals surface area contributed by atoms with Crippen LogP contribution in [0, 0.1) is 0 Å². The van der Waals surface area contributed by atoms with E-state index >= 15 is 0 Å². The fourth-order valence-corrected chi connectivity index (χ4v) is 2.14. The first-order valence-corrected chi connectivity index (χ1v) is 7.22. The van der Waals surface area contributed by atoms with E-state index in [2.05, 4.69) is 15.0 Å². The number of carbonyl (C=O) groups is 1. The summed E-state index contributed by atoms with van der Waals surface area (Å²) in [4.78, 5) is 17.5. The van der Waals surface area contributed by atoms with Crippen LogP contribution in [0.1, 0.15) is 19.0 Å². The Hall–Kier alpha value is -0.960. The van der Waals surface area contributed by atoms with Gasteiger partial charge in [-0.3, -0.25) is 9.79 Å². The summed E-state index contributed by atoms with van der Waals surface area (Å²) in [6.45, 7) is 3.83. The topological polar surface area (TPSA) is 58.9 Å². The van der Waals surface area contributed by atoms with Gasteiger partial charge in [0.25, 0.3) is 0 Å². The third-order valence-electron chi connectivity index (χ3n) is 2.98. The molecule has 0 radical (unpaired) electrons. The standard InChI is InChI=1S/C14H23ClN4O2.HI/c1-5-16-14(17-7-6-13(20)21-4)19(3)10-12-8-11(15)9-18(12)2;/h8-9H,5-7,10H2,1-4H3,(H,16,17);1H. The van der Waals surface area contributed by atoms with E-state index in [4.69, 9.17) is 11.6 Å². The SMILES string of the molecule is CCNC(=NCCC(=O)OC)N(C)Cc1cc(Cl)cn1C.I. The lowest BCUT2D eigenvalue weighted by Crippen LogP contribution is -2.39. The number of hydrogen-bond donors (Lipinski definition) is 1. The lowest BCUT2D eigenvalue weighted by molar-refractivity contribution is -0.140. The van der Waals surface area contributed by atoms with Crippen LogP contribution < -0.4 is 5.32 Å². The zero-order chi connectivity index (χ0) is 15.8. The summed E-state index contributed by atoms with van der Waals surface area (Å²) in [6, 6.07) is 1.93. The number of guanidine groups is 1. The fraction of sp³-hybridized carbons (Fsp3) is 0.571. The highest BCUT2D eigenvalue weighted by Crippen LogP contribution is 2.14. The Morgan fingerprint density at radius 1 is 1.55 bits per heavy atom. The Morgan fingerprint density at radius 2 is 2.23 bits per heavy atom. The largest absolute Gasteiger partial charge is 0.469 e. The monoisotopic (exact) mass is 442 g/mol. The van der Waals surface area contributed by atoms with Crippen LogP contribution in [0.25, 0.3) is 0 Å². The van der Waals surface area contributed by atoms with E-state index < -0.39 is 0 Å². The summed E-state index contributed by atoms with van der Waals surface area (Å²) >= 11 is 5.99. The van der Waals surface area contributed by atoms with Crippen LogP contribution in [0.15, 0.2) is 17.3 Å². The Morgan fingerprint density at radius 3 is 2.73 bits per heavy atom. The number of rotatable bonds is 6. The van der Waals surface area contributed by atoms with E-state index in [9.17, 15) is 4.79 Å². The van der Waals surface area contributed by atoms with Gasteiger partial charge in [0.2, 0.25) is 0 Å². The molecule has 0 unspecified atom stereocenters. The Bertz CT molecular complexity index is 505. The molecule has 0 aliphatic rings. The Kier molecular flexibility index (Phi) is 10.2. The van der Waals surface area contributed by atoms with Gasteiger partial charge < -0.3 is 19.5 Å². The van der Waals surface area contributed by atoms with Crippen molar-refractivity contribution in [3.63, 3.8) is 0 Å². The van der Waals surface area contributed by atoms with E-state index in [0.717, 1.165) is 18.2 Å². The number of nitrogens with zero attached hydrogens (tertiary/aromatic N) is 3. The molecular formula is C14H24ClIN4O2. The van der Waals surface area contributed by atoms with Crippen molar-refractivity contribution in [2.45, 2.75) is 19.9 Å². The summed E-state index contributed by atoms with van der Waals surface area (Å²) in [5, 5.41) is 3.92. The van der Waals surface area contributed by atoms with Crippen molar-refractivity contribution in [3.05, 3.63) is 23.0 Å². The van der Waals surface area contributed by atoms with Gasteiger partial charge in [-0.2, -0.15) is 0 Å². The minimum atomic E-state index is -0.258. The van der Waals surface area contributed by atoms with Crippen molar-refractivity contribution in [2.75, 3.05) is 27.2 Å². The molecule has 0 spiro atoms. The summed E-state index contributed by atoms with van der Waals surface area (Å²) in [5.41, 5.74) is 1.08. The maximum atomic E-state index is 11.1. The van der Waals surface area contributed by atoms with Crippen LogP contribution in [-0.2, 0) is 23.1 Å². The Balaban J connectivity index is 0.00000441. The molecule has 126 valence electrons. The lowest BCUT2D eigenvalue weighted by atomic mass is 10.4. The van der Waals surface area contributed by atoms with Crippen LogP contribution >= 0.6 is 35.6 Å². The fourth-order valence-electron chi connectivity index (χ4n) is 1.87. The molecule has 1 N–H and O–H groups in total. The maximum Gasteiger partial charge on any atom is 0.307 e. The van der Waals surface area contributed by atoms with Gasteiger partial charge >= 0.3 is 5.97 Å². The molecule has 8 heteroatoms.